The Bertz CT molecular complexity index is 1950. The van der Waals surface area contributed by atoms with Gasteiger partial charge in [-0.25, -0.2) is 0 Å². The molecule has 1 amide bonds. The van der Waals surface area contributed by atoms with Crippen LogP contribution >= 0.6 is 0 Å². The number of nitrogens with one attached hydrogen (secondary N) is 2. The first kappa shape index (κ1) is 72.9. The van der Waals surface area contributed by atoms with Gasteiger partial charge in [-0.3, -0.25) is 4.79 Å². The molecule has 73 heavy (non-hydrogen) atoms. The van der Waals surface area contributed by atoms with E-state index in [0.29, 0.717) is 33.6 Å². The average molecular weight is 1020 g/mol. The fourth-order valence-electron chi connectivity index (χ4n) is 6.04. The first-order chi connectivity index (χ1) is 32.8. The zero-order valence-electron chi connectivity index (χ0n) is 51.1. The quantitative estimate of drug-likeness (QED) is 0.175. The first-order valence-electron chi connectivity index (χ1n) is 26.5. The lowest BCUT2D eigenvalue weighted by Gasteiger charge is -2.19. The third-order valence-electron chi connectivity index (χ3n) is 9.90. The van der Waals surface area contributed by atoms with Crippen molar-refractivity contribution in [3.63, 3.8) is 0 Å². The standard InChI is InChI=1S/2C13H18.C10H14F3NO.C10H16O.C7H16.C6H13NO.C6H14/c2*1-11(10-13(2,3)4)12-8-6-5-7-9-12;1-9(2,3)14-6-7-4-5-8(15-7)10(11,12)13;1-10(2,3)7-6-9-5-4-8-11-9;1-5-6-7(2,3)4;1-5(8)7-6(2,3)4;1-5-6(2,3)4/h2*5-9H,1,10H2,2-4H3;4-5,14H,6H2,1-3H3;4-5,8H,6-7H2,1-3H3;5-6H2,1-4H3;1-4H3,(H,7,8);5H2,1-4H3. The highest BCUT2D eigenvalue weighted by Gasteiger charge is 2.34. The van der Waals surface area contributed by atoms with Crippen molar-refractivity contribution < 1.29 is 26.8 Å². The summed E-state index contributed by atoms with van der Waals surface area (Å²) in [6.45, 7) is 59.8. The van der Waals surface area contributed by atoms with Gasteiger partial charge in [0.25, 0.3) is 0 Å². The zero-order chi connectivity index (χ0) is 57.7. The SMILES string of the molecule is C=C(CC(C)(C)C)c1ccccc1.C=C(CC(C)(C)C)c1ccccc1.CC(=O)NC(C)(C)C.CC(C)(C)CCc1ccco1.CC(C)(C)NCc1ccc(C(F)(F)F)o1.CCC(C)(C)C.CCCC(C)(C)C. The lowest BCUT2D eigenvalue weighted by molar-refractivity contribution is -0.153. The van der Waals surface area contributed by atoms with Gasteiger partial charge < -0.3 is 19.5 Å². The van der Waals surface area contributed by atoms with Crippen molar-refractivity contribution in [3.05, 3.63) is 133 Å². The Labute approximate surface area is 447 Å². The normalized spacial score (nSPS) is 11.9. The van der Waals surface area contributed by atoms with Crippen LogP contribution in [-0.2, 0) is 23.9 Å². The van der Waals surface area contributed by atoms with Crippen LogP contribution in [0.3, 0.4) is 0 Å². The van der Waals surface area contributed by atoms with E-state index in [1.165, 1.54) is 60.9 Å². The molecule has 2 aromatic heterocycles. The number of hydrogen-bond donors (Lipinski definition) is 2. The molecule has 0 atom stereocenters. The maximum absolute atomic E-state index is 12.2. The van der Waals surface area contributed by atoms with E-state index in [1.54, 1.807) is 6.26 Å². The molecule has 0 fully saturated rings. The summed E-state index contributed by atoms with van der Waals surface area (Å²) in [5.74, 6) is 0.461. The Balaban J connectivity index is -0.000000800. The van der Waals surface area contributed by atoms with Crippen LogP contribution in [-0.4, -0.2) is 17.0 Å². The van der Waals surface area contributed by atoms with Crippen molar-refractivity contribution in [1.29, 1.82) is 0 Å². The minimum Gasteiger partial charge on any atom is -0.469 e. The lowest BCUT2D eigenvalue weighted by atomic mass is 9.86. The van der Waals surface area contributed by atoms with Gasteiger partial charge in [0.15, 0.2) is 0 Å². The van der Waals surface area contributed by atoms with E-state index in [-0.39, 0.29) is 22.7 Å². The highest BCUT2D eigenvalue weighted by Crippen LogP contribution is 2.32. The van der Waals surface area contributed by atoms with Crippen LogP contribution in [0.4, 0.5) is 13.2 Å². The average Bonchev–Trinajstić information content (AvgIpc) is 3.92. The fraction of sp³-hybridized carbons (Fsp3) is 0.615. The maximum Gasteiger partial charge on any atom is 0.449 e. The summed E-state index contributed by atoms with van der Waals surface area (Å²) in [7, 11) is 0. The van der Waals surface area contributed by atoms with Crippen molar-refractivity contribution in [1.82, 2.24) is 10.6 Å². The van der Waals surface area contributed by atoms with E-state index in [4.69, 9.17) is 4.42 Å². The van der Waals surface area contributed by atoms with Crippen molar-refractivity contribution in [2.45, 2.75) is 235 Å². The summed E-state index contributed by atoms with van der Waals surface area (Å²) in [4.78, 5) is 10.3. The van der Waals surface area contributed by atoms with E-state index < -0.39 is 11.9 Å². The van der Waals surface area contributed by atoms with Gasteiger partial charge in [0.2, 0.25) is 11.7 Å². The molecule has 0 radical (unpaired) electrons. The molecule has 2 N–H and O–H groups in total. The van der Waals surface area contributed by atoms with E-state index in [1.807, 2.05) is 65.8 Å². The van der Waals surface area contributed by atoms with E-state index in [2.05, 4.69) is 194 Å². The van der Waals surface area contributed by atoms with Gasteiger partial charge in [0.05, 0.1) is 12.8 Å². The summed E-state index contributed by atoms with van der Waals surface area (Å²) in [5.41, 5.74) is 6.91. The number of rotatable bonds is 9. The predicted molar refractivity (Wildman–Crippen MR) is 314 cm³/mol. The van der Waals surface area contributed by atoms with E-state index in [9.17, 15) is 18.0 Å². The zero-order valence-corrected chi connectivity index (χ0v) is 51.1. The molecule has 0 bridgehead atoms. The summed E-state index contributed by atoms with van der Waals surface area (Å²) in [6.07, 6.45) is 5.59. The Morgan fingerprint density at radius 3 is 1.16 bits per heavy atom. The smallest absolute Gasteiger partial charge is 0.449 e. The van der Waals surface area contributed by atoms with Gasteiger partial charge in [-0.05, 0) is 141 Å². The van der Waals surface area contributed by atoms with Crippen LogP contribution in [0, 0.1) is 27.1 Å². The molecule has 0 saturated carbocycles. The molecule has 0 aliphatic carbocycles. The Hall–Kier alpha value is -4.30. The van der Waals surface area contributed by atoms with Crippen LogP contribution in [0.2, 0.25) is 0 Å². The molecule has 0 spiro atoms. The van der Waals surface area contributed by atoms with Crippen molar-refractivity contribution in [3.8, 4) is 0 Å². The molecule has 2 aromatic carbocycles. The molecule has 2 heterocycles. The van der Waals surface area contributed by atoms with Crippen LogP contribution in [0.15, 0.2) is 113 Å². The predicted octanol–water partition coefficient (Wildman–Crippen LogP) is 20.9. The molecular formula is C65H109F3N2O3. The van der Waals surface area contributed by atoms with Gasteiger partial charge in [-0.1, -0.05) is 204 Å². The van der Waals surface area contributed by atoms with Gasteiger partial charge in [0.1, 0.15) is 11.5 Å². The number of amides is 1. The number of halogens is 3. The van der Waals surface area contributed by atoms with Crippen LogP contribution in [0.5, 0.6) is 0 Å². The van der Waals surface area contributed by atoms with E-state index in [0.717, 1.165) is 31.1 Å². The minimum absolute atomic E-state index is 0.0255. The molecule has 0 aliphatic heterocycles. The Morgan fingerprint density at radius 2 is 0.932 bits per heavy atom. The van der Waals surface area contributed by atoms with Gasteiger partial charge in [0, 0.05) is 24.4 Å². The van der Waals surface area contributed by atoms with Crippen LogP contribution in [0.25, 0.3) is 11.1 Å². The number of benzene rings is 2. The summed E-state index contributed by atoms with van der Waals surface area (Å²) >= 11 is 0. The third-order valence-corrected chi connectivity index (χ3v) is 9.90. The molecule has 4 rings (SSSR count). The number of allylic oxidation sites excluding steroid dienone is 2. The van der Waals surface area contributed by atoms with E-state index >= 15 is 0 Å². The molecular weight excluding hydrogens is 914 g/mol. The molecule has 8 heteroatoms. The topological polar surface area (TPSA) is 67.4 Å². The number of carbonyl (C=O) groups excluding carboxylic acids is 1. The highest BCUT2D eigenvalue weighted by atomic mass is 19.4. The van der Waals surface area contributed by atoms with Crippen molar-refractivity contribution >= 4 is 17.1 Å². The Morgan fingerprint density at radius 1 is 0.521 bits per heavy atom. The minimum atomic E-state index is -4.40. The van der Waals surface area contributed by atoms with Gasteiger partial charge in [-0.2, -0.15) is 13.2 Å². The molecule has 5 nitrogen and oxygen atoms in total. The molecule has 418 valence electrons. The number of carbonyl (C=O) groups is 1. The second-order valence-electron chi connectivity index (χ2n) is 27.1. The molecule has 0 saturated heterocycles. The number of aryl methyl sites for hydroxylation is 1. The Kier molecular flexibility index (Phi) is 33.6. The van der Waals surface area contributed by atoms with Gasteiger partial charge >= 0.3 is 6.18 Å². The third kappa shape index (κ3) is 51.0. The fourth-order valence-corrected chi connectivity index (χ4v) is 6.04. The van der Waals surface area contributed by atoms with Crippen LogP contribution in [0.1, 0.15) is 233 Å². The largest absolute Gasteiger partial charge is 0.469 e. The maximum atomic E-state index is 12.2. The highest BCUT2D eigenvalue weighted by molar-refractivity contribution is 5.73. The molecule has 0 unspecified atom stereocenters. The van der Waals surface area contributed by atoms with Crippen molar-refractivity contribution in [2.75, 3.05) is 0 Å². The molecule has 0 aliphatic rings. The second-order valence-corrected chi connectivity index (χ2v) is 27.1. The van der Waals surface area contributed by atoms with Crippen LogP contribution < -0.4 is 10.6 Å². The molecule has 4 aromatic rings. The van der Waals surface area contributed by atoms with Gasteiger partial charge in [-0.15, -0.1) is 0 Å². The summed E-state index contributed by atoms with van der Waals surface area (Å²) < 4.78 is 46.4. The monoisotopic (exact) mass is 1020 g/mol. The number of alkyl halides is 3. The lowest BCUT2D eigenvalue weighted by Crippen LogP contribution is -2.38. The summed E-state index contributed by atoms with van der Waals surface area (Å²) in [6, 6.07) is 27.0. The second kappa shape index (κ2) is 33.6. The number of furan rings is 2. The summed E-state index contributed by atoms with van der Waals surface area (Å²) in [5, 5.41) is 5.78. The van der Waals surface area contributed by atoms with Crippen molar-refractivity contribution in [2.24, 2.45) is 27.1 Å². The first-order valence-corrected chi connectivity index (χ1v) is 26.5. The number of hydrogen-bond acceptors (Lipinski definition) is 4.